The Morgan fingerprint density at radius 1 is 1.33 bits per heavy atom. The number of hydrogen-bond donors (Lipinski definition) is 2. The molecule has 3 N–H and O–H groups in total. The summed E-state index contributed by atoms with van der Waals surface area (Å²) >= 11 is 0. The fourth-order valence-corrected chi connectivity index (χ4v) is 2.32. The number of ether oxygens (including phenoxy) is 1. The summed E-state index contributed by atoms with van der Waals surface area (Å²) in [4.78, 5) is 25.5. The van der Waals surface area contributed by atoms with Crippen molar-refractivity contribution in [2.75, 3.05) is 25.5 Å². The molecule has 0 aliphatic carbocycles. The fourth-order valence-electron chi connectivity index (χ4n) is 2.32. The van der Waals surface area contributed by atoms with Crippen LogP contribution in [0.5, 0.6) is 0 Å². The molecule has 0 spiro atoms. The Morgan fingerprint density at radius 2 is 2.05 bits per heavy atom. The third-order valence-corrected chi connectivity index (χ3v) is 3.46. The van der Waals surface area contributed by atoms with Crippen LogP contribution in [0.2, 0.25) is 0 Å². The van der Waals surface area contributed by atoms with Gasteiger partial charge in [-0.3, -0.25) is 9.59 Å². The predicted octanol–water partition coefficient (Wildman–Crippen LogP) is 0.590. The van der Waals surface area contributed by atoms with Gasteiger partial charge in [0.05, 0.1) is 12.6 Å². The smallest absolute Gasteiger partial charge is 0.251 e. The second-order valence-electron chi connectivity index (χ2n) is 5.17. The summed E-state index contributed by atoms with van der Waals surface area (Å²) in [6.07, 6.45) is 0.918. The molecule has 2 amide bonds. The quantitative estimate of drug-likeness (QED) is 0.831. The van der Waals surface area contributed by atoms with E-state index in [1.807, 2.05) is 18.2 Å². The lowest BCUT2D eigenvalue weighted by Gasteiger charge is -2.20. The number of benzene rings is 1. The molecular weight excluding hydrogens is 270 g/mol. The van der Waals surface area contributed by atoms with Crippen LogP contribution in [0, 0.1) is 0 Å². The van der Waals surface area contributed by atoms with Crippen molar-refractivity contribution in [2.24, 2.45) is 5.73 Å². The predicted molar refractivity (Wildman–Crippen MR) is 79.7 cm³/mol. The number of para-hydroxylation sites is 1. The van der Waals surface area contributed by atoms with Crippen LogP contribution in [0.25, 0.3) is 0 Å². The van der Waals surface area contributed by atoms with E-state index in [4.69, 9.17) is 10.5 Å². The van der Waals surface area contributed by atoms with E-state index in [0.717, 1.165) is 6.42 Å². The maximum Gasteiger partial charge on any atom is 0.251 e. The van der Waals surface area contributed by atoms with Gasteiger partial charge in [0.25, 0.3) is 5.91 Å². The second kappa shape index (κ2) is 7.19. The lowest BCUT2D eigenvalue weighted by atomic mass is 10.2. The minimum absolute atomic E-state index is 0.000872. The Kier molecular flexibility index (Phi) is 5.30. The van der Waals surface area contributed by atoms with Gasteiger partial charge in [0, 0.05) is 19.3 Å². The Balaban J connectivity index is 1.82. The highest BCUT2D eigenvalue weighted by molar-refractivity contribution is 5.95. The Bertz CT molecular complexity index is 492. The number of hydrogen-bond acceptors (Lipinski definition) is 4. The Morgan fingerprint density at radius 3 is 2.67 bits per heavy atom. The van der Waals surface area contributed by atoms with E-state index in [2.05, 4.69) is 5.32 Å². The first-order valence-electron chi connectivity index (χ1n) is 7.05. The summed E-state index contributed by atoms with van der Waals surface area (Å²) in [5, 5.41) is 2.74. The number of anilines is 1. The minimum atomic E-state index is -0.479. The molecule has 1 saturated heterocycles. The monoisotopic (exact) mass is 291 g/mol. The van der Waals surface area contributed by atoms with Crippen LogP contribution >= 0.6 is 0 Å². The van der Waals surface area contributed by atoms with Crippen LogP contribution in [0.1, 0.15) is 12.8 Å². The third-order valence-electron chi connectivity index (χ3n) is 3.46. The van der Waals surface area contributed by atoms with Crippen LogP contribution in [0.4, 0.5) is 5.69 Å². The molecule has 0 radical (unpaired) electrons. The molecule has 6 nitrogen and oxygen atoms in total. The summed E-state index contributed by atoms with van der Waals surface area (Å²) in [6, 6.07) is 9.14. The number of carbonyl (C=O) groups excluding carboxylic acids is 2. The van der Waals surface area contributed by atoms with Gasteiger partial charge in [-0.1, -0.05) is 18.2 Å². The van der Waals surface area contributed by atoms with E-state index in [0.29, 0.717) is 18.7 Å². The van der Waals surface area contributed by atoms with Gasteiger partial charge in [-0.15, -0.1) is 0 Å². The molecule has 1 aromatic carbocycles. The molecule has 1 fully saturated rings. The standard InChI is InChI=1S/C15H21N3O3/c1-18(15(20)13-8-7-12(9-16)21-13)10-14(19)17-11-5-3-2-4-6-11/h2-6,12-13H,7-10,16H2,1H3,(H,17,19). The SMILES string of the molecule is CN(CC(=O)Nc1ccccc1)C(=O)C1CCC(CN)O1. The van der Waals surface area contributed by atoms with E-state index in [1.165, 1.54) is 4.90 Å². The third kappa shape index (κ3) is 4.27. The fraction of sp³-hybridized carbons (Fsp3) is 0.467. The second-order valence-corrected chi connectivity index (χ2v) is 5.17. The highest BCUT2D eigenvalue weighted by Crippen LogP contribution is 2.20. The average Bonchev–Trinajstić information content (AvgIpc) is 2.96. The molecular formula is C15H21N3O3. The number of nitrogens with zero attached hydrogens (tertiary/aromatic N) is 1. The zero-order valence-electron chi connectivity index (χ0n) is 12.1. The number of carbonyl (C=O) groups is 2. The van der Waals surface area contributed by atoms with Crippen molar-refractivity contribution >= 4 is 17.5 Å². The van der Waals surface area contributed by atoms with E-state index >= 15 is 0 Å². The zero-order valence-corrected chi connectivity index (χ0v) is 12.1. The molecule has 1 aliphatic heterocycles. The van der Waals surface area contributed by atoms with Gasteiger partial charge in [0.2, 0.25) is 5.91 Å². The van der Waals surface area contributed by atoms with E-state index in [1.54, 1.807) is 19.2 Å². The summed E-state index contributed by atoms with van der Waals surface area (Å²) in [6.45, 7) is 0.420. The Hall–Kier alpha value is -1.92. The van der Waals surface area contributed by atoms with Crippen LogP contribution in [-0.2, 0) is 14.3 Å². The molecule has 0 bridgehead atoms. The van der Waals surface area contributed by atoms with Crippen molar-refractivity contribution in [3.8, 4) is 0 Å². The number of nitrogens with two attached hydrogens (primary N) is 1. The normalized spacial score (nSPS) is 21.0. The first-order chi connectivity index (χ1) is 10.1. The van der Waals surface area contributed by atoms with E-state index in [9.17, 15) is 9.59 Å². The van der Waals surface area contributed by atoms with Crippen molar-refractivity contribution in [3.63, 3.8) is 0 Å². The molecule has 2 unspecified atom stereocenters. The lowest BCUT2D eigenvalue weighted by molar-refractivity contribution is -0.143. The summed E-state index contributed by atoms with van der Waals surface area (Å²) in [7, 11) is 1.60. The first kappa shape index (κ1) is 15.5. The van der Waals surface area contributed by atoms with Gasteiger partial charge in [-0.2, -0.15) is 0 Å². The highest BCUT2D eigenvalue weighted by Gasteiger charge is 2.32. The van der Waals surface area contributed by atoms with Crippen molar-refractivity contribution in [3.05, 3.63) is 30.3 Å². The van der Waals surface area contributed by atoms with Crippen LogP contribution in [-0.4, -0.2) is 49.1 Å². The van der Waals surface area contributed by atoms with E-state index in [-0.39, 0.29) is 24.5 Å². The average molecular weight is 291 g/mol. The van der Waals surface area contributed by atoms with E-state index < -0.39 is 6.10 Å². The van der Waals surface area contributed by atoms with Crippen molar-refractivity contribution in [1.29, 1.82) is 0 Å². The maximum absolute atomic E-state index is 12.2. The molecule has 21 heavy (non-hydrogen) atoms. The van der Waals surface area contributed by atoms with Gasteiger partial charge in [0.15, 0.2) is 0 Å². The summed E-state index contributed by atoms with van der Waals surface area (Å²) in [5.41, 5.74) is 6.24. The molecule has 1 aromatic rings. The van der Waals surface area contributed by atoms with Crippen molar-refractivity contribution in [1.82, 2.24) is 4.90 Å². The molecule has 114 valence electrons. The van der Waals surface area contributed by atoms with Crippen molar-refractivity contribution in [2.45, 2.75) is 25.0 Å². The zero-order chi connectivity index (χ0) is 15.2. The van der Waals surface area contributed by atoms with Crippen LogP contribution in [0.3, 0.4) is 0 Å². The van der Waals surface area contributed by atoms with Crippen LogP contribution in [0.15, 0.2) is 30.3 Å². The number of amides is 2. The van der Waals surface area contributed by atoms with Gasteiger partial charge >= 0.3 is 0 Å². The van der Waals surface area contributed by atoms with Crippen LogP contribution < -0.4 is 11.1 Å². The molecule has 0 aromatic heterocycles. The number of nitrogens with one attached hydrogen (secondary N) is 1. The molecule has 6 heteroatoms. The van der Waals surface area contributed by atoms with Gasteiger partial charge in [0.1, 0.15) is 6.10 Å². The first-order valence-corrected chi connectivity index (χ1v) is 7.05. The number of likely N-dealkylation sites (N-methyl/N-ethyl adjacent to an activating group) is 1. The summed E-state index contributed by atoms with van der Waals surface area (Å²) in [5.74, 6) is -0.403. The largest absolute Gasteiger partial charge is 0.364 e. The Labute approximate surface area is 124 Å². The topological polar surface area (TPSA) is 84.7 Å². The minimum Gasteiger partial charge on any atom is -0.364 e. The molecule has 1 heterocycles. The van der Waals surface area contributed by atoms with Gasteiger partial charge in [-0.25, -0.2) is 0 Å². The molecule has 1 aliphatic rings. The van der Waals surface area contributed by atoms with Gasteiger partial charge < -0.3 is 20.7 Å². The maximum atomic E-state index is 12.2. The number of rotatable bonds is 5. The molecule has 2 atom stereocenters. The molecule has 2 rings (SSSR count). The lowest BCUT2D eigenvalue weighted by Crippen LogP contribution is -2.41. The molecule has 0 saturated carbocycles. The highest BCUT2D eigenvalue weighted by atomic mass is 16.5. The summed E-state index contributed by atoms with van der Waals surface area (Å²) < 4.78 is 5.55. The van der Waals surface area contributed by atoms with Crippen molar-refractivity contribution < 1.29 is 14.3 Å². The van der Waals surface area contributed by atoms with Gasteiger partial charge in [-0.05, 0) is 25.0 Å².